The van der Waals surface area contributed by atoms with Crippen molar-refractivity contribution in [3.63, 3.8) is 0 Å². The van der Waals surface area contributed by atoms with Crippen LogP contribution in [-0.2, 0) is 6.18 Å². The first-order chi connectivity index (χ1) is 8.34. The molecule has 2 aromatic rings. The standard InChI is InChI=1S/C11H5F4N3/c12-5-1-2-8-6(3-5)9(17)7(4-16)10(18-8)11(13,14)15/h1-3H,(H2,17,18). The number of pyridine rings is 1. The molecule has 0 saturated heterocycles. The number of fused-ring (bicyclic) bond motifs is 1. The Balaban J connectivity index is 2.92. The lowest BCUT2D eigenvalue weighted by Crippen LogP contribution is -2.13. The van der Waals surface area contributed by atoms with Crippen LogP contribution in [-0.4, -0.2) is 4.98 Å². The molecule has 2 N–H and O–H groups in total. The molecule has 1 aromatic heterocycles. The predicted molar refractivity (Wildman–Crippen MR) is 55.8 cm³/mol. The zero-order chi connectivity index (χ0) is 13.5. The fraction of sp³-hybridized carbons (Fsp3) is 0.0909. The SMILES string of the molecule is N#Cc1c(C(F)(F)F)nc2ccc(F)cc2c1N. The van der Waals surface area contributed by atoms with Crippen molar-refractivity contribution >= 4 is 16.6 Å². The zero-order valence-electron chi connectivity index (χ0n) is 8.72. The molecule has 92 valence electrons. The Morgan fingerprint density at radius 2 is 1.94 bits per heavy atom. The smallest absolute Gasteiger partial charge is 0.397 e. The Hall–Kier alpha value is -2.36. The molecule has 0 aliphatic carbocycles. The molecule has 0 amide bonds. The molecule has 0 aliphatic rings. The quantitative estimate of drug-likeness (QED) is 0.736. The van der Waals surface area contributed by atoms with E-state index in [1.165, 1.54) is 6.07 Å². The van der Waals surface area contributed by atoms with Gasteiger partial charge in [-0.3, -0.25) is 0 Å². The highest BCUT2D eigenvalue weighted by molar-refractivity contribution is 5.93. The normalized spacial score (nSPS) is 11.5. The van der Waals surface area contributed by atoms with Gasteiger partial charge in [-0.1, -0.05) is 0 Å². The maximum Gasteiger partial charge on any atom is 0.434 e. The molecule has 0 aliphatic heterocycles. The number of hydrogen-bond donors (Lipinski definition) is 1. The number of nitriles is 1. The van der Waals surface area contributed by atoms with Crippen molar-refractivity contribution < 1.29 is 17.6 Å². The van der Waals surface area contributed by atoms with Crippen LogP contribution >= 0.6 is 0 Å². The van der Waals surface area contributed by atoms with Gasteiger partial charge in [-0.05, 0) is 18.2 Å². The summed E-state index contributed by atoms with van der Waals surface area (Å²) in [5, 5.41) is 8.71. The summed E-state index contributed by atoms with van der Waals surface area (Å²) in [5.41, 5.74) is 2.78. The molecule has 0 bridgehead atoms. The number of benzene rings is 1. The molecule has 1 aromatic carbocycles. The highest BCUT2D eigenvalue weighted by atomic mass is 19.4. The van der Waals surface area contributed by atoms with Crippen LogP contribution in [0.1, 0.15) is 11.3 Å². The average molecular weight is 255 g/mol. The summed E-state index contributed by atoms with van der Waals surface area (Å²) in [4.78, 5) is 3.33. The van der Waals surface area contributed by atoms with Crippen LogP contribution in [0.5, 0.6) is 0 Å². The maximum atomic E-state index is 13.0. The van der Waals surface area contributed by atoms with Crippen molar-refractivity contribution in [2.45, 2.75) is 6.18 Å². The molecule has 0 unspecified atom stereocenters. The third-order valence-corrected chi connectivity index (χ3v) is 2.37. The number of hydrogen-bond acceptors (Lipinski definition) is 3. The van der Waals surface area contributed by atoms with Crippen LogP contribution in [0.2, 0.25) is 0 Å². The number of alkyl halides is 3. The van der Waals surface area contributed by atoms with Crippen LogP contribution in [0.25, 0.3) is 10.9 Å². The highest BCUT2D eigenvalue weighted by Crippen LogP contribution is 2.35. The Morgan fingerprint density at radius 3 is 2.50 bits per heavy atom. The summed E-state index contributed by atoms with van der Waals surface area (Å²) in [7, 11) is 0. The molecule has 7 heteroatoms. The van der Waals surface area contributed by atoms with Crippen LogP contribution in [0, 0.1) is 17.1 Å². The number of nitrogen functional groups attached to an aromatic ring is 1. The van der Waals surface area contributed by atoms with Gasteiger partial charge < -0.3 is 5.73 Å². The van der Waals surface area contributed by atoms with Crippen molar-refractivity contribution in [3.8, 4) is 6.07 Å². The van der Waals surface area contributed by atoms with E-state index in [0.717, 1.165) is 18.2 Å². The summed E-state index contributed by atoms with van der Waals surface area (Å²) in [6.45, 7) is 0. The molecule has 0 atom stereocenters. The summed E-state index contributed by atoms with van der Waals surface area (Å²) in [5.74, 6) is -0.667. The molecule has 3 nitrogen and oxygen atoms in total. The van der Waals surface area contributed by atoms with Crippen LogP contribution in [0.3, 0.4) is 0 Å². The van der Waals surface area contributed by atoms with Gasteiger partial charge in [-0.15, -0.1) is 0 Å². The first-order valence-corrected chi connectivity index (χ1v) is 4.70. The van der Waals surface area contributed by atoms with Gasteiger partial charge >= 0.3 is 6.18 Å². The number of nitrogens with zero attached hydrogens (tertiary/aromatic N) is 2. The Kier molecular flexibility index (Phi) is 2.58. The van der Waals surface area contributed by atoms with E-state index in [0.29, 0.717) is 0 Å². The van der Waals surface area contributed by atoms with E-state index in [1.54, 1.807) is 0 Å². The van der Waals surface area contributed by atoms with Gasteiger partial charge in [0.2, 0.25) is 0 Å². The van der Waals surface area contributed by atoms with Crippen LogP contribution in [0.4, 0.5) is 23.2 Å². The van der Waals surface area contributed by atoms with E-state index in [9.17, 15) is 17.6 Å². The van der Waals surface area contributed by atoms with Crippen molar-refractivity contribution in [3.05, 3.63) is 35.3 Å². The minimum Gasteiger partial charge on any atom is -0.397 e. The molecule has 0 spiro atoms. The molecular weight excluding hydrogens is 250 g/mol. The molecule has 0 saturated carbocycles. The summed E-state index contributed by atoms with van der Waals surface area (Å²) < 4.78 is 51.0. The predicted octanol–water partition coefficient (Wildman–Crippen LogP) is 2.85. The molecule has 2 rings (SSSR count). The lowest BCUT2D eigenvalue weighted by atomic mass is 10.1. The molecule has 18 heavy (non-hydrogen) atoms. The summed E-state index contributed by atoms with van der Waals surface area (Å²) in [6, 6.07) is 4.35. The topological polar surface area (TPSA) is 62.7 Å². The minimum absolute atomic E-state index is 0.0143. The Morgan fingerprint density at radius 1 is 1.28 bits per heavy atom. The lowest BCUT2D eigenvalue weighted by Gasteiger charge is -2.11. The van der Waals surface area contributed by atoms with Crippen molar-refractivity contribution in [1.82, 2.24) is 4.98 Å². The maximum absolute atomic E-state index is 13.0. The number of aromatic nitrogens is 1. The monoisotopic (exact) mass is 255 g/mol. The number of nitrogens with two attached hydrogens (primary N) is 1. The summed E-state index contributed by atoms with van der Waals surface area (Å²) >= 11 is 0. The number of anilines is 1. The fourth-order valence-electron chi connectivity index (χ4n) is 1.58. The number of rotatable bonds is 0. The van der Waals surface area contributed by atoms with Crippen LogP contribution < -0.4 is 5.73 Å². The van der Waals surface area contributed by atoms with E-state index in [2.05, 4.69) is 4.98 Å². The largest absolute Gasteiger partial charge is 0.434 e. The summed E-state index contributed by atoms with van der Waals surface area (Å²) in [6.07, 6.45) is -4.79. The van der Waals surface area contributed by atoms with Gasteiger partial charge in [-0.25, -0.2) is 9.37 Å². The van der Waals surface area contributed by atoms with Crippen molar-refractivity contribution in [2.24, 2.45) is 0 Å². The van der Waals surface area contributed by atoms with Crippen LogP contribution in [0.15, 0.2) is 18.2 Å². The third-order valence-electron chi connectivity index (χ3n) is 2.37. The van der Waals surface area contributed by atoms with Crippen molar-refractivity contribution in [1.29, 1.82) is 5.26 Å². The van der Waals surface area contributed by atoms with Gasteiger partial charge in [0, 0.05) is 5.39 Å². The molecular formula is C11H5F4N3. The highest BCUT2D eigenvalue weighted by Gasteiger charge is 2.37. The van der Waals surface area contributed by atoms with Gasteiger partial charge in [0.25, 0.3) is 0 Å². The second kappa shape index (κ2) is 3.84. The third kappa shape index (κ3) is 1.82. The van der Waals surface area contributed by atoms with Gasteiger partial charge in [0.15, 0.2) is 5.69 Å². The Labute approximate surface area is 98.5 Å². The van der Waals surface area contributed by atoms with E-state index in [1.807, 2.05) is 0 Å². The van der Waals surface area contributed by atoms with E-state index in [-0.39, 0.29) is 10.9 Å². The average Bonchev–Trinajstić information content (AvgIpc) is 2.28. The van der Waals surface area contributed by atoms with Gasteiger partial charge in [0.1, 0.15) is 17.4 Å². The van der Waals surface area contributed by atoms with E-state index >= 15 is 0 Å². The van der Waals surface area contributed by atoms with Gasteiger partial charge in [-0.2, -0.15) is 18.4 Å². The van der Waals surface area contributed by atoms with Gasteiger partial charge in [0.05, 0.1) is 11.2 Å². The zero-order valence-corrected chi connectivity index (χ0v) is 8.72. The molecule has 0 fully saturated rings. The van der Waals surface area contributed by atoms with E-state index < -0.39 is 28.9 Å². The lowest BCUT2D eigenvalue weighted by molar-refractivity contribution is -0.141. The molecule has 0 radical (unpaired) electrons. The Bertz CT molecular complexity index is 671. The minimum atomic E-state index is -4.79. The molecule has 1 heterocycles. The first kappa shape index (κ1) is 12.1. The van der Waals surface area contributed by atoms with Crippen molar-refractivity contribution in [2.75, 3.05) is 5.73 Å². The van der Waals surface area contributed by atoms with E-state index in [4.69, 9.17) is 11.0 Å². The fourth-order valence-corrected chi connectivity index (χ4v) is 1.58. The second-order valence-corrected chi connectivity index (χ2v) is 3.52. The first-order valence-electron chi connectivity index (χ1n) is 4.70. The number of halogens is 4. The second-order valence-electron chi connectivity index (χ2n) is 3.52.